The Morgan fingerprint density at radius 3 is 2.46 bits per heavy atom. The Hall–Kier alpha value is -1.90. The molecule has 1 amide bonds. The number of piperidine rings is 1. The number of H-pyrrole nitrogens is 1. The first-order chi connectivity index (χ1) is 13.3. The number of amides is 1. The SMILES string of the molecule is Cc1n[nH]c(C)c1S(=O)(=O)NC1CCN(C(=O)CCc2ccc(Cl)cc2)CC1. The first-order valence-electron chi connectivity index (χ1n) is 9.32. The van der Waals surface area contributed by atoms with Crippen molar-refractivity contribution in [2.45, 2.75) is 50.5 Å². The number of sulfonamides is 1. The highest BCUT2D eigenvalue weighted by atomic mass is 35.5. The van der Waals surface area contributed by atoms with E-state index in [1.165, 1.54) is 0 Å². The van der Waals surface area contributed by atoms with Gasteiger partial charge in [0, 0.05) is 30.6 Å². The molecular weight excluding hydrogens is 400 g/mol. The molecule has 152 valence electrons. The minimum atomic E-state index is -3.62. The Kier molecular flexibility index (Phi) is 6.42. The molecule has 1 aliphatic rings. The maximum Gasteiger partial charge on any atom is 0.244 e. The minimum absolute atomic E-state index is 0.0952. The topological polar surface area (TPSA) is 95.2 Å². The minimum Gasteiger partial charge on any atom is -0.343 e. The van der Waals surface area contributed by atoms with Gasteiger partial charge in [0.1, 0.15) is 4.90 Å². The summed E-state index contributed by atoms with van der Waals surface area (Å²) in [5.41, 5.74) is 2.06. The molecule has 0 atom stereocenters. The number of nitrogens with zero attached hydrogens (tertiary/aromatic N) is 2. The second kappa shape index (κ2) is 8.63. The number of carbonyl (C=O) groups is 1. The molecule has 2 aromatic rings. The van der Waals surface area contributed by atoms with Crippen molar-refractivity contribution in [1.82, 2.24) is 19.8 Å². The van der Waals surface area contributed by atoms with Crippen LogP contribution in [0.4, 0.5) is 0 Å². The molecule has 0 aliphatic carbocycles. The average Bonchev–Trinajstić information content (AvgIpc) is 3.00. The number of carbonyl (C=O) groups excluding carboxylic acids is 1. The van der Waals surface area contributed by atoms with Gasteiger partial charge in [-0.1, -0.05) is 23.7 Å². The van der Waals surface area contributed by atoms with E-state index in [-0.39, 0.29) is 16.8 Å². The van der Waals surface area contributed by atoms with E-state index in [1.54, 1.807) is 13.8 Å². The number of aromatic amines is 1. The van der Waals surface area contributed by atoms with Crippen LogP contribution in [0, 0.1) is 13.8 Å². The summed E-state index contributed by atoms with van der Waals surface area (Å²) in [5, 5.41) is 7.34. The van der Waals surface area contributed by atoms with Crippen LogP contribution in [0.2, 0.25) is 5.02 Å². The number of nitrogens with one attached hydrogen (secondary N) is 2. The van der Waals surface area contributed by atoms with Gasteiger partial charge in [-0.05, 0) is 50.8 Å². The van der Waals surface area contributed by atoms with Gasteiger partial charge in [-0.15, -0.1) is 0 Å². The molecule has 3 rings (SSSR count). The monoisotopic (exact) mass is 424 g/mol. The smallest absolute Gasteiger partial charge is 0.244 e. The Bertz CT molecular complexity index is 913. The van der Waals surface area contributed by atoms with Crippen LogP contribution >= 0.6 is 11.6 Å². The van der Waals surface area contributed by atoms with Crippen molar-refractivity contribution in [3.63, 3.8) is 0 Å². The summed E-state index contributed by atoms with van der Waals surface area (Å²) in [6.07, 6.45) is 2.30. The zero-order valence-corrected chi connectivity index (χ0v) is 17.6. The maximum atomic E-state index is 12.6. The Labute approximate surface area is 170 Å². The second-order valence-electron chi connectivity index (χ2n) is 7.17. The van der Waals surface area contributed by atoms with Crippen molar-refractivity contribution in [3.8, 4) is 0 Å². The molecule has 0 bridgehead atoms. The molecule has 0 unspecified atom stereocenters. The lowest BCUT2D eigenvalue weighted by atomic mass is 10.0. The molecule has 0 radical (unpaired) electrons. The van der Waals surface area contributed by atoms with E-state index in [0.717, 1.165) is 5.56 Å². The number of benzene rings is 1. The summed E-state index contributed by atoms with van der Waals surface area (Å²) < 4.78 is 28.0. The van der Waals surface area contributed by atoms with Crippen LogP contribution in [0.3, 0.4) is 0 Å². The lowest BCUT2D eigenvalue weighted by Crippen LogP contribution is -2.46. The number of halogens is 1. The standard InChI is InChI=1S/C19H25ClN4O3S/c1-13-19(14(2)22-21-13)28(26,27)23-17-9-11-24(12-10-17)18(25)8-5-15-3-6-16(20)7-4-15/h3-4,6-7,17,23H,5,8-12H2,1-2H3,(H,21,22). The van der Waals surface area contributed by atoms with Crippen molar-refractivity contribution in [1.29, 1.82) is 0 Å². The van der Waals surface area contributed by atoms with Crippen LogP contribution in [0.15, 0.2) is 29.2 Å². The zero-order valence-electron chi connectivity index (χ0n) is 16.0. The molecule has 1 aliphatic heterocycles. The maximum absolute atomic E-state index is 12.6. The number of aryl methyl sites for hydroxylation is 3. The highest BCUT2D eigenvalue weighted by molar-refractivity contribution is 7.89. The Morgan fingerprint density at radius 1 is 1.25 bits per heavy atom. The summed E-state index contributed by atoms with van der Waals surface area (Å²) in [4.78, 5) is 14.5. The Morgan fingerprint density at radius 2 is 1.89 bits per heavy atom. The molecular formula is C19H25ClN4O3S. The molecule has 2 N–H and O–H groups in total. The van der Waals surface area contributed by atoms with Gasteiger partial charge < -0.3 is 4.90 Å². The molecule has 7 nitrogen and oxygen atoms in total. The van der Waals surface area contributed by atoms with E-state index < -0.39 is 10.0 Å². The van der Waals surface area contributed by atoms with Crippen LogP contribution < -0.4 is 4.72 Å². The molecule has 0 saturated carbocycles. The fourth-order valence-electron chi connectivity index (χ4n) is 3.52. The molecule has 0 spiro atoms. The highest BCUT2D eigenvalue weighted by Gasteiger charge is 2.29. The van der Waals surface area contributed by atoms with Gasteiger partial charge in [-0.3, -0.25) is 9.89 Å². The Balaban J connectivity index is 1.50. The predicted molar refractivity (Wildman–Crippen MR) is 108 cm³/mol. The van der Waals surface area contributed by atoms with E-state index in [9.17, 15) is 13.2 Å². The first kappa shape index (κ1) is 20.8. The van der Waals surface area contributed by atoms with Gasteiger partial charge in [0.25, 0.3) is 0 Å². The van der Waals surface area contributed by atoms with Crippen molar-refractivity contribution in [3.05, 3.63) is 46.2 Å². The second-order valence-corrected chi connectivity index (χ2v) is 9.25. The third-order valence-corrected chi connectivity index (χ3v) is 7.07. The fraction of sp³-hybridized carbons (Fsp3) is 0.474. The fourth-order valence-corrected chi connectivity index (χ4v) is 5.32. The van der Waals surface area contributed by atoms with Gasteiger partial charge >= 0.3 is 0 Å². The van der Waals surface area contributed by atoms with Gasteiger partial charge in [-0.25, -0.2) is 13.1 Å². The third kappa shape index (κ3) is 4.92. The lowest BCUT2D eigenvalue weighted by molar-refractivity contribution is -0.132. The number of hydrogen-bond donors (Lipinski definition) is 2. The zero-order chi connectivity index (χ0) is 20.3. The van der Waals surface area contributed by atoms with Crippen molar-refractivity contribution < 1.29 is 13.2 Å². The molecule has 1 aromatic heterocycles. The van der Waals surface area contributed by atoms with E-state index in [2.05, 4.69) is 14.9 Å². The number of rotatable bonds is 6. The summed E-state index contributed by atoms with van der Waals surface area (Å²) in [6.45, 7) is 4.46. The van der Waals surface area contributed by atoms with Crippen LogP contribution in [0.25, 0.3) is 0 Å². The molecule has 1 aromatic carbocycles. The number of aromatic nitrogens is 2. The largest absolute Gasteiger partial charge is 0.343 e. The van der Waals surface area contributed by atoms with Crippen molar-refractivity contribution in [2.24, 2.45) is 0 Å². The third-order valence-electron chi connectivity index (χ3n) is 5.04. The van der Waals surface area contributed by atoms with Gasteiger partial charge in [0.2, 0.25) is 15.9 Å². The van der Waals surface area contributed by atoms with Crippen molar-refractivity contribution >= 4 is 27.5 Å². The quantitative estimate of drug-likeness (QED) is 0.745. The average molecular weight is 425 g/mol. The summed E-state index contributed by atoms with van der Waals surface area (Å²) in [5.74, 6) is 0.0952. The van der Waals surface area contributed by atoms with Crippen LogP contribution in [-0.2, 0) is 21.2 Å². The summed E-state index contributed by atoms with van der Waals surface area (Å²) in [7, 11) is -3.62. The highest BCUT2D eigenvalue weighted by Crippen LogP contribution is 2.20. The predicted octanol–water partition coefficient (Wildman–Crippen LogP) is 2.58. The van der Waals surface area contributed by atoms with Gasteiger partial charge in [0.05, 0.1) is 11.4 Å². The molecule has 28 heavy (non-hydrogen) atoms. The van der Waals surface area contributed by atoms with Crippen LogP contribution in [0.1, 0.15) is 36.2 Å². The summed E-state index contributed by atoms with van der Waals surface area (Å²) in [6, 6.07) is 7.32. The number of hydrogen-bond acceptors (Lipinski definition) is 4. The van der Waals surface area contributed by atoms with E-state index in [1.807, 2.05) is 29.2 Å². The van der Waals surface area contributed by atoms with E-state index >= 15 is 0 Å². The van der Waals surface area contributed by atoms with Crippen LogP contribution in [-0.4, -0.2) is 48.6 Å². The van der Waals surface area contributed by atoms with Gasteiger partial charge in [0.15, 0.2) is 0 Å². The molecule has 1 fully saturated rings. The van der Waals surface area contributed by atoms with E-state index in [4.69, 9.17) is 11.6 Å². The first-order valence-corrected chi connectivity index (χ1v) is 11.2. The normalized spacial score (nSPS) is 15.8. The number of likely N-dealkylation sites (tertiary alicyclic amines) is 1. The molecule has 2 heterocycles. The van der Waals surface area contributed by atoms with Crippen molar-refractivity contribution in [2.75, 3.05) is 13.1 Å². The van der Waals surface area contributed by atoms with Gasteiger partial charge in [-0.2, -0.15) is 5.10 Å². The summed E-state index contributed by atoms with van der Waals surface area (Å²) >= 11 is 5.88. The molecule has 9 heteroatoms. The molecule has 1 saturated heterocycles. The van der Waals surface area contributed by atoms with Crippen LogP contribution in [0.5, 0.6) is 0 Å². The lowest BCUT2D eigenvalue weighted by Gasteiger charge is -2.32. The van der Waals surface area contributed by atoms with E-state index in [0.29, 0.717) is 55.2 Å².